The molecular formula is C27H36FN3O4S. The van der Waals surface area contributed by atoms with Crippen molar-refractivity contribution in [3.8, 4) is 0 Å². The highest BCUT2D eigenvalue weighted by Gasteiger charge is 2.28. The molecule has 1 atom stereocenters. The molecule has 0 unspecified atom stereocenters. The van der Waals surface area contributed by atoms with Crippen LogP contribution in [0.5, 0.6) is 0 Å². The molecule has 2 aromatic carbocycles. The van der Waals surface area contributed by atoms with E-state index in [1.165, 1.54) is 21.3 Å². The number of amides is 2. The number of anilines is 1. The van der Waals surface area contributed by atoms with Crippen molar-refractivity contribution in [2.75, 3.05) is 17.1 Å². The van der Waals surface area contributed by atoms with Crippen LogP contribution >= 0.6 is 0 Å². The number of carbonyl (C=O) groups is 2. The van der Waals surface area contributed by atoms with Crippen molar-refractivity contribution < 1.29 is 22.4 Å². The van der Waals surface area contributed by atoms with Crippen molar-refractivity contribution in [1.29, 1.82) is 0 Å². The first-order chi connectivity index (χ1) is 17.0. The summed E-state index contributed by atoms with van der Waals surface area (Å²) in [4.78, 5) is 27.8. The molecule has 1 N–H and O–H groups in total. The van der Waals surface area contributed by atoms with Crippen LogP contribution in [0, 0.1) is 12.7 Å². The highest BCUT2D eigenvalue weighted by Crippen LogP contribution is 2.21. The monoisotopic (exact) mass is 517 g/mol. The second-order valence-electron chi connectivity index (χ2n) is 9.59. The molecular weight excluding hydrogens is 481 g/mol. The Morgan fingerprint density at radius 3 is 2.39 bits per heavy atom. The summed E-state index contributed by atoms with van der Waals surface area (Å²) in [5.41, 5.74) is 2.20. The number of hydrogen-bond acceptors (Lipinski definition) is 4. The second-order valence-corrected chi connectivity index (χ2v) is 11.5. The van der Waals surface area contributed by atoms with E-state index in [2.05, 4.69) is 5.32 Å². The van der Waals surface area contributed by atoms with Gasteiger partial charge in [0.2, 0.25) is 21.8 Å². The Bertz CT molecular complexity index is 1150. The molecule has 0 radical (unpaired) electrons. The van der Waals surface area contributed by atoms with E-state index in [4.69, 9.17) is 0 Å². The summed E-state index contributed by atoms with van der Waals surface area (Å²) in [5.74, 6) is -0.846. The van der Waals surface area contributed by atoms with Gasteiger partial charge in [0, 0.05) is 25.6 Å². The first-order valence-electron chi connectivity index (χ1n) is 12.4. The molecule has 2 amide bonds. The fourth-order valence-electron chi connectivity index (χ4n) is 4.55. The molecule has 1 aliphatic carbocycles. The van der Waals surface area contributed by atoms with E-state index in [9.17, 15) is 22.4 Å². The normalized spacial score (nSPS) is 14.9. The van der Waals surface area contributed by atoms with Gasteiger partial charge in [0.1, 0.15) is 11.9 Å². The number of hydrogen-bond donors (Lipinski definition) is 1. The number of benzene rings is 2. The van der Waals surface area contributed by atoms with Crippen LogP contribution in [0.15, 0.2) is 48.5 Å². The third-order valence-corrected chi connectivity index (χ3v) is 7.77. The molecule has 7 nitrogen and oxygen atoms in total. The molecule has 1 fully saturated rings. The van der Waals surface area contributed by atoms with Crippen molar-refractivity contribution >= 4 is 27.5 Å². The topological polar surface area (TPSA) is 86.8 Å². The average molecular weight is 518 g/mol. The minimum absolute atomic E-state index is 0.0695. The highest BCUT2D eigenvalue weighted by molar-refractivity contribution is 7.92. The van der Waals surface area contributed by atoms with Gasteiger partial charge in [-0.15, -0.1) is 0 Å². The van der Waals surface area contributed by atoms with Crippen LogP contribution in [-0.4, -0.2) is 50.0 Å². The van der Waals surface area contributed by atoms with E-state index in [-0.39, 0.29) is 49.6 Å². The molecule has 0 heterocycles. The molecule has 0 bridgehead atoms. The summed E-state index contributed by atoms with van der Waals surface area (Å²) in [6.45, 7) is 3.88. The molecule has 0 spiro atoms. The lowest BCUT2D eigenvalue weighted by atomic mass is 10.1. The number of halogens is 1. The van der Waals surface area contributed by atoms with Gasteiger partial charge in [0.15, 0.2) is 0 Å². The summed E-state index contributed by atoms with van der Waals surface area (Å²) in [6.07, 6.45) is 5.53. The Morgan fingerprint density at radius 2 is 1.78 bits per heavy atom. The molecule has 0 aromatic heterocycles. The summed E-state index contributed by atoms with van der Waals surface area (Å²) < 4.78 is 39.6. The lowest BCUT2D eigenvalue weighted by molar-refractivity contribution is -0.141. The Kier molecular flexibility index (Phi) is 9.48. The minimum Gasteiger partial charge on any atom is -0.352 e. The van der Waals surface area contributed by atoms with E-state index in [1.54, 1.807) is 37.3 Å². The van der Waals surface area contributed by atoms with Crippen molar-refractivity contribution in [2.24, 2.45) is 0 Å². The van der Waals surface area contributed by atoms with Crippen molar-refractivity contribution in [1.82, 2.24) is 10.2 Å². The minimum atomic E-state index is -3.54. The van der Waals surface area contributed by atoms with Crippen molar-refractivity contribution in [2.45, 2.75) is 71.0 Å². The smallest absolute Gasteiger partial charge is 0.242 e. The quantitative estimate of drug-likeness (QED) is 0.485. The fraction of sp³-hybridized carbons (Fsp3) is 0.481. The number of aryl methyl sites for hydroxylation is 1. The van der Waals surface area contributed by atoms with Gasteiger partial charge in [-0.1, -0.05) is 37.1 Å². The van der Waals surface area contributed by atoms with Crippen LogP contribution in [0.3, 0.4) is 0 Å². The summed E-state index contributed by atoms with van der Waals surface area (Å²) in [7, 11) is -3.54. The van der Waals surface area contributed by atoms with Gasteiger partial charge in [0.05, 0.1) is 11.9 Å². The maximum Gasteiger partial charge on any atom is 0.242 e. The molecule has 2 aromatic rings. The van der Waals surface area contributed by atoms with E-state index in [0.29, 0.717) is 11.3 Å². The second kappa shape index (κ2) is 12.3. The summed E-state index contributed by atoms with van der Waals surface area (Å²) in [5, 5.41) is 3.05. The van der Waals surface area contributed by atoms with E-state index < -0.39 is 16.1 Å². The molecule has 1 saturated carbocycles. The zero-order valence-corrected chi connectivity index (χ0v) is 22.1. The van der Waals surface area contributed by atoms with Crippen LogP contribution in [0.2, 0.25) is 0 Å². The van der Waals surface area contributed by atoms with Crippen molar-refractivity contribution in [3.05, 3.63) is 65.5 Å². The number of carbonyl (C=O) groups excluding carboxylic acids is 2. The lowest BCUT2D eigenvalue weighted by Gasteiger charge is -2.30. The largest absolute Gasteiger partial charge is 0.352 e. The van der Waals surface area contributed by atoms with Gasteiger partial charge in [0.25, 0.3) is 0 Å². The summed E-state index contributed by atoms with van der Waals surface area (Å²) >= 11 is 0. The molecule has 196 valence electrons. The van der Waals surface area contributed by atoms with E-state index >= 15 is 0 Å². The van der Waals surface area contributed by atoms with Gasteiger partial charge in [-0.2, -0.15) is 0 Å². The first-order valence-corrected chi connectivity index (χ1v) is 14.3. The van der Waals surface area contributed by atoms with Gasteiger partial charge >= 0.3 is 0 Å². The number of nitrogens with one attached hydrogen (secondary N) is 1. The predicted molar refractivity (Wildman–Crippen MR) is 139 cm³/mol. The molecule has 0 saturated heterocycles. The standard InChI is InChI=1S/C27H36FN3O4S/c1-20-8-6-11-25(18-20)31(36(3,34)35)17-7-12-26(32)30(19-22-13-15-23(28)16-14-22)21(2)27(33)29-24-9-4-5-10-24/h6,8,11,13-16,18,21,24H,4-5,7,9-10,12,17,19H2,1-3H3,(H,29,33)/t21-/m1/s1. The maximum atomic E-state index is 13.4. The van der Waals surface area contributed by atoms with Crippen LogP contribution in [0.1, 0.15) is 56.6 Å². The van der Waals surface area contributed by atoms with Crippen LogP contribution in [0.25, 0.3) is 0 Å². The fourth-order valence-corrected chi connectivity index (χ4v) is 5.51. The molecule has 1 aliphatic rings. The Labute approximate surface area is 213 Å². The number of sulfonamides is 1. The molecule has 9 heteroatoms. The Balaban J connectivity index is 1.71. The zero-order chi connectivity index (χ0) is 26.3. The van der Waals surface area contributed by atoms with Crippen LogP contribution < -0.4 is 9.62 Å². The van der Waals surface area contributed by atoms with Gasteiger partial charge in [-0.25, -0.2) is 12.8 Å². The SMILES string of the molecule is Cc1cccc(N(CCCC(=O)N(Cc2ccc(F)cc2)[C@H](C)C(=O)NC2CCCC2)S(C)(=O)=O)c1. The third-order valence-electron chi connectivity index (χ3n) is 6.58. The van der Waals surface area contributed by atoms with Gasteiger partial charge in [-0.05, 0) is 68.5 Å². The molecule has 3 rings (SSSR count). The Hall–Kier alpha value is -2.94. The van der Waals surface area contributed by atoms with E-state index in [0.717, 1.165) is 37.5 Å². The van der Waals surface area contributed by atoms with E-state index in [1.807, 2.05) is 13.0 Å². The predicted octanol–water partition coefficient (Wildman–Crippen LogP) is 4.16. The molecule has 36 heavy (non-hydrogen) atoms. The van der Waals surface area contributed by atoms with Crippen LogP contribution in [0.4, 0.5) is 10.1 Å². The van der Waals surface area contributed by atoms with Gasteiger partial charge in [-0.3, -0.25) is 13.9 Å². The van der Waals surface area contributed by atoms with Crippen LogP contribution in [-0.2, 0) is 26.2 Å². The lowest BCUT2D eigenvalue weighted by Crippen LogP contribution is -2.49. The maximum absolute atomic E-state index is 13.4. The van der Waals surface area contributed by atoms with Crippen molar-refractivity contribution in [3.63, 3.8) is 0 Å². The number of nitrogens with zero attached hydrogens (tertiary/aromatic N) is 2. The Morgan fingerprint density at radius 1 is 1.11 bits per heavy atom. The highest BCUT2D eigenvalue weighted by atomic mass is 32.2. The zero-order valence-electron chi connectivity index (χ0n) is 21.2. The van der Waals surface area contributed by atoms with Gasteiger partial charge < -0.3 is 10.2 Å². The first kappa shape index (κ1) is 27.6. The molecule has 0 aliphatic heterocycles. The average Bonchev–Trinajstić information content (AvgIpc) is 3.33. The summed E-state index contributed by atoms with van der Waals surface area (Å²) in [6, 6.07) is 12.5. The number of rotatable bonds is 11. The third kappa shape index (κ3) is 7.78.